The Morgan fingerprint density at radius 2 is 1.93 bits per heavy atom. The van der Waals surface area contributed by atoms with Crippen molar-refractivity contribution in [1.29, 1.82) is 0 Å². The predicted octanol–water partition coefficient (Wildman–Crippen LogP) is 4.44. The zero-order valence-corrected chi connectivity index (χ0v) is 10.1. The Hall–Kier alpha value is -0.720. The van der Waals surface area contributed by atoms with E-state index in [0.29, 0.717) is 11.8 Å². The molecule has 0 radical (unpaired) electrons. The fraction of sp³-hybridized carbons (Fsp3) is 0.692. The largest absolute Gasteiger partial charge is 0.466 e. The van der Waals surface area contributed by atoms with Crippen molar-refractivity contribution >= 4 is 0 Å². The molecule has 1 heterocycles. The van der Waals surface area contributed by atoms with E-state index in [0.717, 1.165) is 5.76 Å². The number of aryl methyl sites for hydroxylation is 2. The molecule has 1 nitrogen and oxygen atoms in total. The molecular formula is C13H22O. The molecule has 0 aliphatic rings. The normalized spacial score (nSPS) is 13.6. The van der Waals surface area contributed by atoms with Gasteiger partial charge in [0.05, 0.1) is 0 Å². The molecule has 80 valence electrons. The minimum atomic E-state index is 0.590. The molecule has 0 spiro atoms. The fourth-order valence-electron chi connectivity index (χ4n) is 1.90. The molecule has 0 saturated carbocycles. The average molecular weight is 194 g/mol. The van der Waals surface area contributed by atoms with Crippen molar-refractivity contribution in [2.45, 2.75) is 53.4 Å². The van der Waals surface area contributed by atoms with Gasteiger partial charge in [-0.2, -0.15) is 0 Å². The van der Waals surface area contributed by atoms with Gasteiger partial charge in [0.15, 0.2) is 0 Å². The second-order valence-corrected chi connectivity index (χ2v) is 4.53. The van der Waals surface area contributed by atoms with E-state index in [1.54, 1.807) is 0 Å². The summed E-state index contributed by atoms with van der Waals surface area (Å²) in [6, 6.07) is 2.20. The zero-order chi connectivity index (χ0) is 10.7. The molecule has 1 heteroatoms. The third kappa shape index (κ3) is 2.40. The van der Waals surface area contributed by atoms with Gasteiger partial charge in [-0.25, -0.2) is 0 Å². The van der Waals surface area contributed by atoms with Crippen LogP contribution in [0.2, 0.25) is 0 Å². The molecule has 0 N–H and O–H groups in total. The van der Waals surface area contributed by atoms with Crippen LogP contribution in [-0.2, 0) is 0 Å². The van der Waals surface area contributed by atoms with Crippen LogP contribution in [0.3, 0.4) is 0 Å². The van der Waals surface area contributed by atoms with Crippen LogP contribution in [0, 0.1) is 19.8 Å². The van der Waals surface area contributed by atoms with Gasteiger partial charge in [0.25, 0.3) is 0 Å². The lowest BCUT2D eigenvalue weighted by Gasteiger charge is -2.17. The molecular weight excluding hydrogens is 172 g/mol. The summed E-state index contributed by atoms with van der Waals surface area (Å²) in [5, 5.41) is 0. The number of hydrogen-bond acceptors (Lipinski definition) is 1. The standard InChI is InChI=1S/C13H22O/c1-6-7-12(9(2)3)13-8-10(4)11(5)14-13/h8-9,12H,6-7H2,1-5H3. The van der Waals surface area contributed by atoms with Crippen LogP contribution in [0.1, 0.15) is 56.6 Å². The first kappa shape index (κ1) is 11.4. The van der Waals surface area contributed by atoms with Gasteiger partial charge in [-0.15, -0.1) is 0 Å². The molecule has 1 aromatic heterocycles. The highest BCUT2D eigenvalue weighted by atomic mass is 16.3. The first-order chi connectivity index (χ1) is 6.56. The zero-order valence-electron chi connectivity index (χ0n) is 10.1. The Kier molecular flexibility index (Phi) is 3.79. The monoisotopic (exact) mass is 194 g/mol. The Bertz CT molecular complexity index is 264. The number of furan rings is 1. The summed E-state index contributed by atoms with van der Waals surface area (Å²) < 4.78 is 5.79. The van der Waals surface area contributed by atoms with E-state index in [2.05, 4.69) is 33.8 Å². The molecule has 1 atom stereocenters. The van der Waals surface area contributed by atoms with Crippen molar-refractivity contribution in [3.8, 4) is 0 Å². The van der Waals surface area contributed by atoms with Gasteiger partial charge in [-0.3, -0.25) is 0 Å². The van der Waals surface area contributed by atoms with Gasteiger partial charge in [0.2, 0.25) is 0 Å². The maximum Gasteiger partial charge on any atom is 0.107 e. The second kappa shape index (κ2) is 4.68. The van der Waals surface area contributed by atoms with E-state index < -0.39 is 0 Å². The highest BCUT2D eigenvalue weighted by Gasteiger charge is 2.19. The third-order valence-corrected chi connectivity index (χ3v) is 2.95. The quantitative estimate of drug-likeness (QED) is 0.690. The van der Waals surface area contributed by atoms with Crippen LogP contribution in [0.15, 0.2) is 10.5 Å². The Morgan fingerprint density at radius 1 is 1.29 bits per heavy atom. The average Bonchev–Trinajstić information content (AvgIpc) is 2.42. The Morgan fingerprint density at radius 3 is 2.29 bits per heavy atom. The van der Waals surface area contributed by atoms with Gasteiger partial charge < -0.3 is 4.42 Å². The lowest BCUT2D eigenvalue weighted by Crippen LogP contribution is -2.05. The molecule has 1 rings (SSSR count). The van der Waals surface area contributed by atoms with Crippen molar-refractivity contribution < 1.29 is 4.42 Å². The molecule has 0 aromatic carbocycles. The summed E-state index contributed by atoms with van der Waals surface area (Å²) >= 11 is 0. The summed E-state index contributed by atoms with van der Waals surface area (Å²) in [6.07, 6.45) is 2.45. The maximum atomic E-state index is 5.79. The summed E-state index contributed by atoms with van der Waals surface area (Å²) in [5.74, 6) is 3.51. The van der Waals surface area contributed by atoms with Crippen LogP contribution in [0.25, 0.3) is 0 Å². The SMILES string of the molecule is CCCC(c1cc(C)c(C)o1)C(C)C. The van der Waals surface area contributed by atoms with Crippen molar-refractivity contribution in [2.24, 2.45) is 5.92 Å². The minimum Gasteiger partial charge on any atom is -0.466 e. The Labute approximate surface area is 87.5 Å². The van der Waals surface area contributed by atoms with Crippen LogP contribution < -0.4 is 0 Å². The second-order valence-electron chi connectivity index (χ2n) is 4.53. The third-order valence-electron chi connectivity index (χ3n) is 2.95. The smallest absolute Gasteiger partial charge is 0.107 e. The molecule has 1 aromatic rings. The molecule has 0 aliphatic carbocycles. The summed E-state index contributed by atoms with van der Waals surface area (Å²) in [7, 11) is 0. The lowest BCUT2D eigenvalue weighted by atomic mass is 9.89. The van der Waals surface area contributed by atoms with E-state index in [1.807, 2.05) is 6.92 Å². The molecule has 0 fully saturated rings. The van der Waals surface area contributed by atoms with E-state index in [1.165, 1.54) is 24.2 Å². The molecule has 0 aliphatic heterocycles. The fourth-order valence-corrected chi connectivity index (χ4v) is 1.90. The van der Waals surface area contributed by atoms with E-state index in [9.17, 15) is 0 Å². The summed E-state index contributed by atoms with van der Waals surface area (Å²) in [5.41, 5.74) is 1.28. The summed E-state index contributed by atoms with van der Waals surface area (Å²) in [6.45, 7) is 10.9. The van der Waals surface area contributed by atoms with Crippen LogP contribution in [0.4, 0.5) is 0 Å². The predicted molar refractivity (Wildman–Crippen MR) is 60.7 cm³/mol. The maximum absolute atomic E-state index is 5.79. The molecule has 0 saturated heterocycles. The first-order valence-corrected chi connectivity index (χ1v) is 5.63. The summed E-state index contributed by atoms with van der Waals surface area (Å²) in [4.78, 5) is 0. The molecule has 14 heavy (non-hydrogen) atoms. The topological polar surface area (TPSA) is 13.1 Å². The highest BCUT2D eigenvalue weighted by molar-refractivity contribution is 5.21. The van der Waals surface area contributed by atoms with E-state index in [4.69, 9.17) is 4.42 Å². The first-order valence-electron chi connectivity index (χ1n) is 5.63. The van der Waals surface area contributed by atoms with Gasteiger partial charge in [0.1, 0.15) is 11.5 Å². The van der Waals surface area contributed by atoms with Crippen molar-refractivity contribution in [2.75, 3.05) is 0 Å². The van der Waals surface area contributed by atoms with Crippen LogP contribution in [-0.4, -0.2) is 0 Å². The van der Waals surface area contributed by atoms with Gasteiger partial charge >= 0.3 is 0 Å². The van der Waals surface area contributed by atoms with Gasteiger partial charge in [0, 0.05) is 5.92 Å². The molecule has 0 bridgehead atoms. The van der Waals surface area contributed by atoms with E-state index >= 15 is 0 Å². The number of rotatable bonds is 4. The minimum absolute atomic E-state index is 0.590. The number of hydrogen-bond donors (Lipinski definition) is 0. The highest BCUT2D eigenvalue weighted by Crippen LogP contribution is 2.31. The molecule has 1 unspecified atom stereocenters. The van der Waals surface area contributed by atoms with Crippen LogP contribution in [0.5, 0.6) is 0 Å². The van der Waals surface area contributed by atoms with Crippen molar-refractivity contribution in [1.82, 2.24) is 0 Å². The van der Waals surface area contributed by atoms with Gasteiger partial charge in [-0.1, -0.05) is 27.2 Å². The molecule has 0 amide bonds. The van der Waals surface area contributed by atoms with Crippen LogP contribution >= 0.6 is 0 Å². The van der Waals surface area contributed by atoms with Gasteiger partial charge in [-0.05, 0) is 37.8 Å². The van der Waals surface area contributed by atoms with Crippen molar-refractivity contribution in [3.05, 3.63) is 23.2 Å². The van der Waals surface area contributed by atoms with E-state index in [-0.39, 0.29) is 0 Å². The Balaban J connectivity index is 2.87. The van der Waals surface area contributed by atoms with Crippen molar-refractivity contribution in [3.63, 3.8) is 0 Å². The lowest BCUT2D eigenvalue weighted by molar-refractivity contribution is 0.366.